The van der Waals surface area contributed by atoms with Crippen LogP contribution in [-0.2, 0) is 10.0 Å². The fourth-order valence-electron chi connectivity index (χ4n) is 4.77. The molecule has 0 unspecified atom stereocenters. The third kappa shape index (κ3) is 4.39. The number of aromatic nitrogens is 2. The molecule has 0 saturated carbocycles. The van der Waals surface area contributed by atoms with Gasteiger partial charge in [0.2, 0.25) is 21.9 Å². The number of nitrogens with two attached hydrogens (primary N) is 1. The maximum Gasteiger partial charge on any atom is 0.261 e. The number of anilines is 1. The van der Waals surface area contributed by atoms with Crippen LogP contribution in [0.1, 0.15) is 42.5 Å². The van der Waals surface area contributed by atoms with E-state index in [1.807, 2.05) is 11.0 Å². The lowest BCUT2D eigenvalue weighted by Gasteiger charge is -2.34. The van der Waals surface area contributed by atoms with Gasteiger partial charge in [-0.15, -0.1) is 0 Å². The Morgan fingerprint density at radius 2 is 1.64 bits per heavy atom. The van der Waals surface area contributed by atoms with E-state index in [1.165, 1.54) is 47.8 Å². The maximum atomic E-state index is 13.4. The zero-order valence-electron chi connectivity index (χ0n) is 21.1. The summed E-state index contributed by atoms with van der Waals surface area (Å²) >= 11 is 0. The monoisotopic (exact) mass is 545 g/mol. The lowest BCUT2D eigenvalue weighted by Crippen LogP contribution is -2.49. The molecule has 198 valence electrons. The van der Waals surface area contributed by atoms with Gasteiger partial charge in [-0.05, 0) is 42.8 Å². The summed E-state index contributed by atoms with van der Waals surface area (Å²) in [7, 11) is -2.51. The topological polar surface area (TPSA) is 171 Å². The van der Waals surface area contributed by atoms with Crippen molar-refractivity contribution in [3.63, 3.8) is 0 Å². The number of amides is 3. The Kier molecular flexibility index (Phi) is 6.37. The number of imide groups is 1. The Labute approximate surface area is 224 Å². The predicted molar refractivity (Wildman–Crippen MR) is 139 cm³/mol. The zero-order chi connectivity index (χ0) is 28.1. The van der Waals surface area contributed by atoms with E-state index < -0.39 is 27.7 Å². The van der Waals surface area contributed by atoms with Gasteiger partial charge in [-0.1, -0.05) is 12.1 Å². The number of hydrogen-bond donors (Lipinski definition) is 1. The van der Waals surface area contributed by atoms with E-state index in [2.05, 4.69) is 9.97 Å². The minimum Gasteiger partial charge on any atom is -0.366 e. The van der Waals surface area contributed by atoms with Gasteiger partial charge < -0.3 is 10.6 Å². The molecule has 0 aliphatic carbocycles. The highest BCUT2D eigenvalue weighted by atomic mass is 32.2. The van der Waals surface area contributed by atoms with Gasteiger partial charge in [-0.25, -0.2) is 18.4 Å². The maximum absolute atomic E-state index is 13.4. The Hall–Kier alpha value is -4.67. The van der Waals surface area contributed by atoms with E-state index in [0.717, 1.165) is 4.90 Å². The van der Waals surface area contributed by atoms with E-state index in [4.69, 9.17) is 5.73 Å². The van der Waals surface area contributed by atoms with Gasteiger partial charge in [0.15, 0.2) is 0 Å². The Bertz CT molecular complexity index is 1690. The minimum absolute atomic E-state index is 0.0333. The number of nitrogens with zero attached hydrogens (tertiary/aromatic N) is 6. The normalized spacial score (nSPS) is 15.8. The van der Waals surface area contributed by atoms with Gasteiger partial charge in [-0.2, -0.15) is 9.57 Å². The van der Waals surface area contributed by atoms with Gasteiger partial charge >= 0.3 is 0 Å². The van der Waals surface area contributed by atoms with E-state index in [1.54, 1.807) is 13.0 Å². The van der Waals surface area contributed by atoms with Gasteiger partial charge in [0.25, 0.3) is 11.8 Å². The van der Waals surface area contributed by atoms with Gasteiger partial charge in [0.1, 0.15) is 11.8 Å². The highest BCUT2D eigenvalue weighted by Crippen LogP contribution is 2.36. The van der Waals surface area contributed by atoms with Crippen LogP contribution in [0.3, 0.4) is 0 Å². The van der Waals surface area contributed by atoms with Crippen LogP contribution in [-0.4, -0.2) is 78.5 Å². The summed E-state index contributed by atoms with van der Waals surface area (Å²) in [5, 5.41) is 9.17. The zero-order valence-corrected chi connectivity index (χ0v) is 21.9. The van der Waals surface area contributed by atoms with E-state index >= 15 is 0 Å². The molecular formula is C26H23N7O5S. The first-order valence-electron chi connectivity index (χ1n) is 11.9. The molecule has 1 saturated heterocycles. The van der Waals surface area contributed by atoms with Crippen LogP contribution in [0, 0.1) is 18.3 Å². The van der Waals surface area contributed by atoms with Crippen molar-refractivity contribution in [3.8, 4) is 17.2 Å². The number of carbonyl (C=O) groups is 3. The van der Waals surface area contributed by atoms with E-state index in [-0.39, 0.29) is 45.9 Å². The second kappa shape index (κ2) is 9.57. The summed E-state index contributed by atoms with van der Waals surface area (Å²) in [5.74, 6) is -1.46. The lowest BCUT2D eigenvalue weighted by atomic mass is 9.91. The number of fused-ring (bicyclic) bond motifs is 1. The van der Waals surface area contributed by atoms with Crippen LogP contribution >= 0.6 is 0 Å². The first-order chi connectivity index (χ1) is 18.5. The highest BCUT2D eigenvalue weighted by Gasteiger charge is 2.37. The van der Waals surface area contributed by atoms with Crippen molar-refractivity contribution in [2.24, 2.45) is 5.73 Å². The molecule has 12 nitrogen and oxygen atoms in total. The van der Waals surface area contributed by atoms with E-state index in [9.17, 15) is 28.1 Å². The summed E-state index contributed by atoms with van der Waals surface area (Å²) in [6.07, 6.45) is 0. The average molecular weight is 546 g/mol. The number of aryl methyl sites for hydroxylation is 1. The summed E-state index contributed by atoms with van der Waals surface area (Å²) in [5.41, 5.74) is 7.28. The molecule has 5 rings (SSSR count). The SMILES string of the molecule is Cc1cc(C#N)nc(N2CCN(S(=O)(=O)c3ccc(-c4c(C(N)=O)ccc5c4C(=O)N(C)C5=O)cc3)CC2)n1. The third-order valence-corrected chi connectivity index (χ3v) is 8.70. The molecular weight excluding hydrogens is 522 g/mol. The number of sulfonamides is 1. The molecule has 1 fully saturated rings. The molecule has 13 heteroatoms. The van der Waals surface area contributed by atoms with Crippen molar-refractivity contribution in [3.05, 3.63) is 70.5 Å². The van der Waals surface area contributed by atoms with Crippen LogP contribution in [0.4, 0.5) is 5.95 Å². The average Bonchev–Trinajstić information content (AvgIpc) is 3.16. The van der Waals surface area contributed by atoms with Crippen LogP contribution in [0.25, 0.3) is 11.1 Å². The Morgan fingerprint density at radius 3 is 2.26 bits per heavy atom. The van der Waals surface area contributed by atoms with Crippen molar-refractivity contribution in [1.82, 2.24) is 19.2 Å². The van der Waals surface area contributed by atoms with Crippen molar-refractivity contribution >= 4 is 33.7 Å². The summed E-state index contributed by atoms with van der Waals surface area (Å²) in [6, 6.07) is 12.1. The third-order valence-electron chi connectivity index (χ3n) is 6.78. The van der Waals surface area contributed by atoms with Crippen LogP contribution < -0.4 is 10.6 Å². The van der Waals surface area contributed by atoms with Gasteiger partial charge in [0.05, 0.1) is 16.0 Å². The highest BCUT2D eigenvalue weighted by molar-refractivity contribution is 7.89. The molecule has 0 radical (unpaired) electrons. The van der Waals surface area contributed by atoms with Crippen molar-refractivity contribution in [1.29, 1.82) is 5.26 Å². The first-order valence-corrected chi connectivity index (χ1v) is 13.4. The van der Waals surface area contributed by atoms with Crippen molar-refractivity contribution in [2.45, 2.75) is 11.8 Å². The predicted octanol–water partition coefficient (Wildman–Crippen LogP) is 1.16. The second-order valence-electron chi connectivity index (χ2n) is 9.17. The molecule has 1 aromatic heterocycles. The second-order valence-corrected chi connectivity index (χ2v) is 11.1. The van der Waals surface area contributed by atoms with Gasteiger partial charge in [-0.3, -0.25) is 19.3 Å². The number of benzene rings is 2. The molecule has 3 aromatic rings. The van der Waals surface area contributed by atoms with Crippen LogP contribution in [0.5, 0.6) is 0 Å². The summed E-state index contributed by atoms with van der Waals surface area (Å²) in [4.78, 5) is 48.9. The number of piperazine rings is 1. The first kappa shape index (κ1) is 26.0. The fourth-order valence-corrected chi connectivity index (χ4v) is 6.19. The number of carbonyl (C=O) groups excluding carboxylic acids is 3. The fraction of sp³-hybridized carbons (Fsp3) is 0.231. The number of primary amides is 1. The molecule has 39 heavy (non-hydrogen) atoms. The molecule has 3 amide bonds. The number of hydrogen-bond acceptors (Lipinski definition) is 9. The van der Waals surface area contributed by atoms with Crippen molar-refractivity contribution < 1.29 is 22.8 Å². The minimum atomic E-state index is -3.86. The molecule has 0 bridgehead atoms. The van der Waals surface area contributed by atoms with Crippen LogP contribution in [0.15, 0.2) is 47.4 Å². The molecule has 2 N–H and O–H groups in total. The summed E-state index contributed by atoms with van der Waals surface area (Å²) in [6.45, 7) is 2.81. The number of nitriles is 1. The van der Waals surface area contributed by atoms with Gasteiger partial charge in [0, 0.05) is 50.0 Å². The molecule has 3 heterocycles. The largest absolute Gasteiger partial charge is 0.366 e. The molecule has 0 atom stereocenters. The molecule has 2 aliphatic rings. The van der Waals surface area contributed by atoms with E-state index in [0.29, 0.717) is 30.3 Å². The molecule has 0 spiro atoms. The van der Waals surface area contributed by atoms with Crippen molar-refractivity contribution in [2.75, 3.05) is 38.1 Å². The molecule has 2 aromatic carbocycles. The number of rotatable bonds is 5. The standard InChI is InChI=1S/C26H23N7O5S/c1-15-13-17(14-27)30-26(29-15)32-9-11-33(12-10-32)39(37,38)18-5-3-16(4-6-18)21-19(23(28)34)7-8-20-22(21)25(36)31(2)24(20)35/h3-8,13H,9-12H2,1-2H3,(H2,28,34). The Balaban J connectivity index is 1.41. The smallest absolute Gasteiger partial charge is 0.261 e. The summed E-state index contributed by atoms with van der Waals surface area (Å²) < 4.78 is 28.1. The lowest BCUT2D eigenvalue weighted by molar-refractivity contribution is 0.0693. The molecule has 2 aliphatic heterocycles. The van der Waals surface area contributed by atoms with Crippen LogP contribution in [0.2, 0.25) is 0 Å². The Morgan fingerprint density at radius 1 is 0.974 bits per heavy atom. The quantitative estimate of drug-likeness (QED) is 0.462.